The standard InChI is InChI=1S/C13H9NO3/c1-3-9-5-10(4-2)7-11(6-9)14-12(15)8-13(16)17/h1-2,5-7H,8H2,(H,14,15)(H,16,17). The van der Waals surface area contributed by atoms with Gasteiger partial charge in [0.15, 0.2) is 0 Å². The third kappa shape index (κ3) is 3.73. The number of benzene rings is 1. The molecule has 1 aromatic rings. The summed E-state index contributed by atoms with van der Waals surface area (Å²) in [6.07, 6.45) is 9.85. The van der Waals surface area contributed by atoms with Gasteiger partial charge in [-0.15, -0.1) is 12.8 Å². The van der Waals surface area contributed by atoms with E-state index in [9.17, 15) is 9.59 Å². The summed E-state index contributed by atoms with van der Waals surface area (Å²) in [7, 11) is 0. The van der Waals surface area contributed by atoms with Crippen molar-refractivity contribution < 1.29 is 14.7 Å². The van der Waals surface area contributed by atoms with Crippen molar-refractivity contribution in [2.45, 2.75) is 6.42 Å². The number of hydrogen-bond donors (Lipinski definition) is 2. The highest BCUT2D eigenvalue weighted by atomic mass is 16.4. The number of aliphatic carboxylic acids is 1. The second-order valence-corrected chi connectivity index (χ2v) is 3.21. The highest BCUT2D eigenvalue weighted by molar-refractivity contribution is 6.01. The molecule has 0 aliphatic heterocycles. The monoisotopic (exact) mass is 227 g/mol. The first-order valence-electron chi connectivity index (χ1n) is 4.65. The Labute approximate surface area is 98.7 Å². The van der Waals surface area contributed by atoms with Gasteiger partial charge in [0.1, 0.15) is 6.42 Å². The second-order valence-electron chi connectivity index (χ2n) is 3.21. The number of nitrogens with one attached hydrogen (secondary N) is 1. The molecule has 0 atom stereocenters. The third-order valence-electron chi connectivity index (χ3n) is 1.86. The molecular formula is C13H9NO3. The van der Waals surface area contributed by atoms with E-state index in [-0.39, 0.29) is 0 Å². The van der Waals surface area contributed by atoms with Crippen LogP contribution >= 0.6 is 0 Å². The lowest BCUT2D eigenvalue weighted by atomic mass is 10.1. The Morgan fingerprint density at radius 1 is 1.18 bits per heavy atom. The van der Waals surface area contributed by atoms with Gasteiger partial charge < -0.3 is 10.4 Å². The van der Waals surface area contributed by atoms with Gasteiger partial charge in [0.2, 0.25) is 5.91 Å². The predicted octanol–water partition coefficient (Wildman–Crippen LogP) is 1.06. The Balaban J connectivity index is 2.92. The molecule has 84 valence electrons. The van der Waals surface area contributed by atoms with Crippen LogP contribution in [0.1, 0.15) is 17.5 Å². The predicted molar refractivity (Wildman–Crippen MR) is 63.2 cm³/mol. The number of hydrogen-bond acceptors (Lipinski definition) is 2. The van der Waals surface area contributed by atoms with E-state index in [0.29, 0.717) is 16.8 Å². The Hall–Kier alpha value is -2.72. The van der Waals surface area contributed by atoms with E-state index in [1.807, 2.05) is 0 Å². The summed E-state index contributed by atoms with van der Waals surface area (Å²) in [5.41, 5.74) is 1.43. The summed E-state index contributed by atoms with van der Waals surface area (Å²) in [4.78, 5) is 21.5. The van der Waals surface area contributed by atoms with Crippen molar-refractivity contribution in [3.8, 4) is 24.7 Å². The van der Waals surface area contributed by atoms with Gasteiger partial charge in [0.25, 0.3) is 0 Å². The summed E-state index contributed by atoms with van der Waals surface area (Å²) < 4.78 is 0. The zero-order chi connectivity index (χ0) is 12.8. The molecule has 1 amide bonds. The SMILES string of the molecule is C#Cc1cc(C#C)cc(NC(=O)CC(=O)O)c1. The van der Waals surface area contributed by atoms with Gasteiger partial charge in [0.05, 0.1) is 0 Å². The maximum absolute atomic E-state index is 11.2. The van der Waals surface area contributed by atoms with Crippen molar-refractivity contribution >= 4 is 17.6 Å². The molecule has 0 radical (unpaired) electrons. The maximum atomic E-state index is 11.2. The van der Waals surface area contributed by atoms with Crippen LogP contribution in [0.4, 0.5) is 5.69 Å². The Bertz CT molecular complexity index is 515. The van der Waals surface area contributed by atoms with E-state index in [4.69, 9.17) is 18.0 Å². The number of terminal acetylenes is 2. The van der Waals surface area contributed by atoms with E-state index in [2.05, 4.69) is 17.2 Å². The van der Waals surface area contributed by atoms with E-state index in [1.165, 1.54) is 0 Å². The van der Waals surface area contributed by atoms with Gasteiger partial charge in [-0.2, -0.15) is 0 Å². The topological polar surface area (TPSA) is 66.4 Å². The molecule has 17 heavy (non-hydrogen) atoms. The number of rotatable bonds is 3. The van der Waals surface area contributed by atoms with Crippen molar-refractivity contribution in [2.75, 3.05) is 5.32 Å². The summed E-state index contributed by atoms with van der Waals surface area (Å²) in [6.45, 7) is 0. The van der Waals surface area contributed by atoms with E-state index < -0.39 is 18.3 Å². The molecule has 1 rings (SSSR count). The number of anilines is 1. The normalized spacial score (nSPS) is 8.82. The van der Waals surface area contributed by atoms with Crippen LogP contribution in [0.15, 0.2) is 18.2 Å². The maximum Gasteiger partial charge on any atom is 0.312 e. The van der Waals surface area contributed by atoms with Gasteiger partial charge in [-0.1, -0.05) is 11.8 Å². The molecule has 0 saturated heterocycles. The fourth-order valence-corrected chi connectivity index (χ4v) is 1.21. The van der Waals surface area contributed by atoms with Gasteiger partial charge in [-0.05, 0) is 18.2 Å². The fourth-order valence-electron chi connectivity index (χ4n) is 1.21. The van der Waals surface area contributed by atoms with Crippen LogP contribution in [0, 0.1) is 24.7 Å². The van der Waals surface area contributed by atoms with E-state index >= 15 is 0 Å². The molecule has 0 heterocycles. The van der Waals surface area contributed by atoms with E-state index in [0.717, 1.165) is 0 Å². The first-order valence-corrected chi connectivity index (χ1v) is 4.65. The molecule has 0 fully saturated rings. The Morgan fingerprint density at radius 3 is 2.12 bits per heavy atom. The van der Waals surface area contributed by atoms with Crippen molar-refractivity contribution in [1.82, 2.24) is 0 Å². The third-order valence-corrected chi connectivity index (χ3v) is 1.86. The van der Waals surface area contributed by atoms with Gasteiger partial charge in [-0.25, -0.2) is 0 Å². The highest BCUT2D eigenvalue weighted by Gasteiger charge is 2.08. The molecule has 2 N–H and O–H groups in total. The van der Waals surface area contributed by atoms with Crippen molar-refractivity contribution in [2.24, 2.45) is 0 Å². The Kier molecular flexibility index (Phi) is 3.91. The summed E-state index contributed by atoms with van der Waals surface area (Å²) >= 11 is 0. The minimum absolute atomic E-state index is 0.389. The van der Waals surface area contributed by atoms with Crippen LogP contribution in [-0.4, -0.2) is 17.0 Å². The molecule has 0 spiro atoms. The van der Waals surface area contributed by atoms with Crippen LogP contribution < -0.4 is 5.32 Å². The molecular weight excluding hydrogens is 218 g/mol. The summed E-state index contributed by atoms with van der Waals surface area (Å²) in [5.74, 6) is 2.95. The van der Waals surface area contributed by atoms with Crippen LogP contribution in [0.2, 0.25) is 0 Å². The molecule has 0 aliphatic carbocycles. The van der Waals surface area contributed by atoms with Gasteiger partial charge in [-0.3, -0.25) is 9.59 Å². The number of carboxylic acids is 1. The smallest absolute Gasteiger partial charge is 0.312 e. The average Bonchev–Trinajstić information content (AvgIpc) is 2.27. The molecule has 0 unspecified atom stereocenters. The molecule has 0 saturated carbocycles. The summed E-state index contributed by atoms with van der Waals surface area (Å²) in [5, 5.41) is 10.8. The first-order chi connectivity index (χ1) is 8.05. The zero-order valence-corrected chi connectivity index (χ0v) is 8.86. The van der Waals surface area contributed by atoms with E-state index in [1.54, 1.807) is 18.2 Å². The van der Waals surface area contributed by atoms with Crippen LogP contribution in [-0.2, 0) is 9.59 Å². The quantitative estimate of drug-likeness (QED) is 0.599. The average molecular weight is 227 g/mol. The van der Waals surface area contributed by atoms with Crippen molar-refractivity contribution in [1.29, 1.82) is 0 Å². The number of carboxylic acid groups (broad SMARTS) is 1. The minimum atomic E-state index is -1.20. The molecule has 1 aromatic carbocycles. The lowest BCUT2D eigenvalue weighted by Gasteiger charge is -2.05. The van der Waals surface area contributed by atoms with Gasteiger partial charge >= 0.3 is 5.97 Å². The molecule has 0 aromatic heterocycles. The molecule has 4 nitrogen and oxygen atoms in total. The van der Waals surface area contributed by atoms with Crippen molar-refractivity contribution in [3.63, 3.8) is 0 Å². The molecule has 4 heteroatoms. The molecule has 0 bridgehead atoms. The second kappa shape index (κ2) is 5.39. The number of carbonyl (C=O) groups is 2. The summed E-state index contributed by atoms with van der Waals surface area (Å²) in [6, 6.07) is 4.70. The minimum Gasteiger partial charge on any atom is -0.481 e. The molecule has 0 aliphatic rings. The lowest BCUT2D eigenvalue weighted by Crippen LogP contribution is -2.16. The zero-order valence-electron chi connectivity index (χ0n) is 8.86. The van der Waals surface area contributed by atoms with Crippen LogP contribution in [0.5, 0.6) is 0 Å². The van der Waals surface area contributed by atoms with Crippen molar-refractivity contribution in [3.05, 3.63) is 29.3 Å². The first kappa shape index (κ1) is 12.4. The van der Waals surface area contributed by atoms with Crippen LogP contribution in [0.25, 0.3) is 0 Å². The lowest BCUT2D eigenvalue weighted by molar-refractivity contribution is -0.139. The van der Waals surface area contributed by atoms with Gasteiger partial charge in [0, 0.05) is 16.8 Å². The highest BCUT2D eigenvalue weighted by Crippen LogP contribution is 2.14. The fraction of sp³-hybridized carbons (Fsp3) is 0.0769. The largest absolute Gasteiger partial charge is 0.481 e. The Morgan fingerprint density at radius 2 is 1.71 bits per heavy atom. The van der Waals surface area contributed by atoms with Crippen LogP contribution in [0.3, 0.4) is 0 Å². The number of amides is 1. The number of carbonyl (C=O) groups excluding carboxylic acids is 1.